The van der Waals surface area contributed by atoms with Crippen LogP contribution in [-0.4, -0.2) is 50.3 Å². The number of aromatic nitrogens is 4. The van der Waals surface area contributed by atoms with Crippen molar-refractivity contribution in [3.8, 4) is 0 Å². The van der Waals surface area contributed by atoms with E-state index in [1.807, 2.05) is 18.0 Å². The van der Waals surface area contributed by atoms with Gasteiger partial charge in [-0.15, -0.1) is 0 Å². The molecule has 0 saturated carbocycles. The Labute approximate surface area is 145 Å². The molecular weight excluding hydrogens is 320 g/mol. The maximum absolute atomic E-state index is 13.4. The van der Waals surface area contributed by atoms with E-state index in [9.17, 15) is 9.59 Å². The Kier molecular flexibility index (Phi) is 3.82. The Morgan fingerprint density at radius 3 is 2.92 bits per heavy atom. The van der Waals surface area contributed by atoms with E-state index in [0.29, 0.717) is 19.4 Å². The summed E-state index contributed by atoms with van der Waals surface area (Å²) in [5, 5.41) is 11.3. The highest BCUT2D eigenvalue weighted by Crippen LogP contribution is 2.38. The predicted molar refractivity (Wildman–Crippen MR) is 90.7 cm³/mol. The quantitative estimate of drug-likeness (QED) is 0.883. The third-order valence-corrected chi connectivity index (χ3v) is 5.40. The van der Waals surface area contributed by atoms with Gasteiger partial charge in [0.25, 0.3) is 0 Å². The summed E-state index contributed by atoms with van der Waals surface area (Å²) < 4.78 is 1.75. The van der Waals surface area contributed by atoms with Crippen LogP contribution < -0.4 is 4.90 Å². The number of likely N-dealkylation sites (tertiary alicyclic amines) is 1. The van der Waals surface area contributed by atoms with Gasteiger partial charge in [0.15, 0.2) is 0 Å². The number of aryl methyl sites for hydroxylation is 2. The second kappa shape index (κ2) is 6.02. The molecule has 0 spiro atoms. The number of hydrogen-bond acceptors (Lipinski definition) is 4. The third-order valence-electron chi connectivity index (χ3n) is 5.40. The van der Waals surface area contributed by atoms with E-state index in [-0.39, 0.29) is 23.8 Å². The largest absolute Gasteiger partial charge is 0.336 e. The standard InChI is InChI=1S/C17H22N6O2/c1-21-15(24)6-5-11(16(21)13-7-8-19-22(13)2)17(25)23-9-3-4-12-14(23)10-18-20-12/h7-8,10-11,16H,3-6,9H2,1-2H3,(H,18,20)/t11-,16-/m0/s1. The first-order valence-corrected chi connectivity index (χ1v) is 8.65. The van der Waals surface area contributed by atoms with Crippen LogP contribution in [0.3, 0.4) is 0 Å². The van der Waals surface area contributed by atoms with E-state index in [4.69, 9.17) is 0 Å². The molecule has 0 bridgehead atoms. The van der Waals surface area contributed by atoms with E-state index >= 15 is 0 Å². The number of rotatable bonds is 2. The molecule has 8 heteroatoms. The Hall–Kier alpha value is -2.64. The molecule has 25 heavy (non-hydrogen) atoms. The molecule has 1 saturated heterocycles. The summed E-state index contributed by atoms with van der Waals surface area (Å²) in [5.74, 6) is -0.148. The smallest absolute Gasteiger partial charge is 0.232 e. The van der Waals surface area contributed by atoms with Crippen LogP contribution >= 0.6 is 0 Å². The van der Waals surface area contributed by atoms with Crippen molar-refractivity contribution in [3.05, 3.63) is 29.8 Å². The first-order valence-electron chi connectivity index (χ1n) is 8.65. The lowest BCUT2D eigenvalue weighted by atomic mass is 9.85. The molecule has 1 fully saturated rings. The highest BCUT2D eigenvalue weighted by atomic mass is 16.2. The van der Waals surface area contributed by atoms with E-state index in [0.717, 1.165) is 29.9 Å². The van der Waals surface area contributed by atoms with Crippen LogP contribution in [0.4, 0.5) is 5.69 Å². The zero-order chi connectivity index (χ0) is 17.6. The van der Waals surface area contributed by atoms with Gasteiger partial charge in [0.05, 0.1) is 35.2 Å². The van der Waals surface area contributed by atoms with Gasteiger partial charge in [-0.25, -0.2) is 0 Å². The Bertz CT molecular complexity index is 810. The maximum atomic E-state index is 13.4. The van der Waals surface area contributed by atoms with Gasteiger partial charge in [-0.2, -0.15) is 10.2 Å². The fourth-order valence-corrected chi connectivity index (χ4v) is 4.06. The van der Waals surface area contributed by atoms with Crippen molar-refractivity contribution in [1.82, 2.24) is 24.9 Å². The molecule has 0 aromatic carbocycles. The second-order valence-electron chi connectivity index (χ2n) is 6.80. The molecule has 4 heterocycles. The molecule has 1 N–H and O–H groups in total. The van der Waals surface area contributed by atoms with Gasteiger partial charge in [0.1, 0.15) is 0 Å². The normalized spacial score (nSPS) is 23.7. The number of H-pyrrole nitrogens is 1. The molecule has 2 aliphatic rings. The lowest BCUT2D eigenvalue weighted by Crippen LogP contribution is -2.49. The highest BCUT2D eigenvalue weighted by molar-refractivity contribution is 5.97. The third kappa shape index (κ3) is 2.52. The second-order valence-corrected chi connectivity index (χ2v) is 6.80. The highest BCUT2D eigenvalue weighted by Gasteiger charge is 2.42. The lowest BCUT2D eigenvalue weighted by Gasteiger charge is -2.40. The Morgan fingerprint density at radius 2 is 2.16 bits per heavy atom. The monoisotopic (exact) mass is 342 g/mol. The number of aromatic amines is 1. The van der Waals surface area contributed by atoms with E-state index in [2.05, 4.69) is 15.3 Å². The van der Waals surface area contributed by atoms with Crippen LogP contribution in [-0.2, 0) is 23.1 Å². The molecule has 2 aromatic rings. The lowest BCUT2D eigenvalue weighted by molar-refractivity contribution is -0.141. The number of piperidine rings is 1. The fourth-order valence-electron chi connectivity index (χ4n) is 4.06. The van der Waals surface area contributed by atoms with Crippen LogP contribution in [0.5, 0.6) is 0 Å². The molecule has 132 valence electrons. The van der Waals surface area contributed by atoms with Gasteiger partial charge in [-0.3, -0.25) is 19.4 Å². The number of nitrogens with one attached hydrogen (secondary N) is 1. The predicted octanol–water partition coefficient (Wildman–Crippen LogP) is 1.03. The van der Waals surface area contributed by atoms with Gasteiger partial charge >= 0.3 is 0 Å². The van der Waals surface area contributed by atoms with Crippen LogP contribution in [0.25, 0.3) is 0 Å². The van der Waals surface area contributed by atoms with Crippen molar-refractivity contribution in [2.45, 2.75) is 31.7 Å². The number of anilines is 1. The van der Waals surface area contributed by atoms with Crippen molar-refractivity contribution in [2.24, 2.45) is 13.0 Å². The van der Waals surface area contributed by atoms with Gasteiger partial charge in [-0.05, 0) is 25.3 Å². The molecule has 2 aliphatic heterocycles. The summed E-state index contributed by atoms with van der Waals surface area (Å²) in [6.07, 6.45) is 6.21. The average molecular weight is 342 g/mol. The number of fused-ring (bicyclic) bond motifs is 1. The zero-order valence-electron chi connectivity index (χ0n) is 14.5. The van der Waals surface area contributed by atoms with Crippen molar-refractivity contribution >= 4 is 17.5 Å². The molecule has 0 radical (unpaired) electrons. The SMILES string of the molecule is CN1C(=O)CC[C@H](C(=O)N2CCCc3[nH]ncc32)[C@H]1c1ccnn1C. The summed E-state index contributed by atoms with van der Waals surface area (Å²) in [6.45, 7) is 0.692. The first kappa shape index (κ1) is 15.9. The molecule has 0 aliphatic carbocycles. The summed E-state index contributed by atoms with van der Waals surface area (Å²) in [5.41, 5.74) is 2.77. The van der Waals surface area contributed by atoms with Crippen LogP contribution in [0.15, 0.2) is 18.5 Å². The number of carbonyl (C=O) groups is 2. The van der Waals surface area contributed by atoms with Crippen LogP contribution in [0, 0.1) is 5.92 Å². The molecule has 4 rings (SSSR count). The van der Waals surface area contributed by atoms with E-state index < -0.39 is 0 Å². The van der Waals surface area contributed by atoms with Crippen LogP contribution in [0.2, 0.25) is 0 Å². The summed E-state index contributed by atoms with van der Waals surface area (Å²) in [6, 6.07) is 1.60. The molecule has 8 nitrogen and oxygen atoms in total. The minimum Gasteiger partial charge on any atom is -0.336 e. The molecule has 2 amide bonds. The van der Waals surface area contributed by atoms with Gasteiger partial charge < -0.3 is 9.80 Å². The average Bonchev–Trinajstić information content (AvgIpc) is 3.25. The number of carbonyl (C=O) groups excluding carboxylic acids is 2. The number of nitrogens with zero attached hydrogens (tertiary/aromatic N) is 5. The molecular formula is C17H22N6O2. The van der Waals surface area contributed by atoms with Crippen molar-refractivity contribution < 1.29 is 9.59 Å². The Balaban J connectivity index is 1.69. The van der Waals surface area contributed by atoms with Crippen LogP contribution in [0.1, 0.15) is 36.7 Å². The zero-order valence-corrected chi connectivity index (χ0v) is 14.5. The van der Waals surface area contributed by atoms with Crippen molar-refractivity contribution in [3.63, 3.8) is 0 Å². The fraction of sp³-hybridized carbons (Fsp3) is 0.529. The van der Waals surface area contributed by atoms with Gasteiger partial charge in [-0.1, -0.05) is 0 Å². The Morgan fingerprint density at radius 1 is 1.32 bits per heavy atom. The van der Waals surface area contributed by atoms with E-state index in [1.54, 1.807) is 29.0 Å². The van der Waals surface area contributed by atoms with Crippen molar-refractivity contribution in [2.75, 3.05) is 18.5 Å². The summed E-state index contributed by atoms with van der Waals surface area (Å²) in [7, 11) is 3.62. The number of amides is 2. The van der Waals surface area contributed by atoms with Gasteiger partial charge in [0, 0.05) is 33.3 Å². The topological polar surface area (TPSA) is 87.1 Å². The maximum Gasteiger partial charge on any atom is 0.232 e. The van der Waals surface area contributed by atoms with Gasteiger partial charge in [0.2, 0.25) is 11.8 Å². The van der Waals surface area contributed by atoms with E-state index in [1.165, 1.54) is 0 Å². The molecule has 2 atom stereocenters. The first-order chi connectivity index (χ1) is 12.1. The molecule has 2 aromatic heterocycles. The molecule has 0 unspecified atom stereocenters. The van der Waals surface area contributed by atoms with Crippen molar-refractivity contribution in [1.29, 1.82) is 0 Å². The summed E-state index contributed by atoms with van der Waals surface area (Å²) >= 11 is 0. The summed E-state index contributed by atoms with van der Waals surface area (Å²) in [4.78, 5) is 29.2. The minimum absolute atomic E-state index is 0.0629. The number of hydrogen-bond donors (Lipinski definition) is 1. The minimum atomic E-state index is -0.293.